The number of unbranched alkanes of at least 4 members (excludes halogenated alkanes) is 1. The van der Waals surface area contributed by atoms with Gasteiger partial charge in [-0.3, -0.25) is 0 Å². The van der Waals surface area contributed by atoms with Crippen molar-refractivity contribution in [1.82, 2.24) is 0 Å². The molecule has 0 N–H and O–H groups in total. The lowest BCUT2D eigenvalue weighted by atomic mass is 10.0. The summed E-state index contributed by atoms with van der Waals surface area (Å²) in [5.41, 5.74) is 3.69. The number of carbonyl (C=O) groups excluding carboxylic acids is 1. The van der Waals surface area contributed by atoms with Gasteiger partial charge in [0.05, 0.1) is 6.54 Å². The van der Waals surface area contributed by atoms with Gasteiger partial charge in [-0.2, -0.15) is 0 Å². The maximum atomic E-state index is 10.0. The first-order chi connectivity index (χ1) is 7.27. The Morgan fingerprint density at radius 3 is 2.80 bits per heavy atom. The molecule has 2 nitrogen and oxygen atoms in total. The van der Waals surface area contributed by atoms with Gasteiger partial charge in [-0.05, 0) is 36.5 Å². The summed E-state index contributed by atoms with van der Waals surface area (Å²) in [6.07, 6.45) is 5.15. The van der Waals surface area contributed by atoms with Crippen LogP contribution in [-0.2, 0) is 17.8 Å². The molecule has 1 rings (SSSR count). The van der Waals surface area contributed by atoms with E-state index in [1.165, 1.54) is 24.0 Å². The highest BCUT2D eigenvalue weighted by molar-refractivity contribution is 5.36. The number of hydrogen-bond donors (Lipinski definition) is 0. The minimum absolute atomic E-state index is 0.448. The molecule has 0 aliphatic heterocycles. The average molecular weight is 203 g/mol. The van der Waals surface area contributed by atoms with Gasteiger partial charge in [-0.15, -0.1) is 0 Å². The standard InChI is InChI=1S/C13H17NO/c1-3-4-5-12-6-7-13(9-14-10-15)11(2)8-12/h6-8H,3-5,9H2,1-2H3. The van der Waals surface area contributed by atoms with Crippen LogP contribution in [0, 0.1) is 6.92 Å². The van der Waals surface area contributed by atoms with Crippen molar-refractivity contribution >= 4 is 6.08 Å². The van der Waals surface area contributed by atoms with E-state index in [4.69, 9.17) is 0 Å². The van der Waals surface area contributed by atoms with E-state index < -0.39 is 0 Å². The van der Waals surface area contributed by atoms with Crippen LogP contribution in [0.2, 0.25) is 0 Å². The number of benzene rings is 1. The molecular formula is C13H17NO. The van der Waals surface area contributed by atoms with Gasteiger partial charge in [0.2, 0.25) is 6.08 Å². The molecule has 0 amide bonds. The molecule has 0 aliphatic carbocycles. The fourth-order valence-electron chi connectivity index (χ4n) is 1.59. The Morgan fingerprint density at radius 1 is 1.40 bits per heavy atom. The Hall–Kier alpha value is -1.40. The molecule has 80 valence electrons. The number of isocyanates is 1. The Morgan fingerprint density at radius 2 is 2.20 bits per heavy atom. The smallest absolute Gasteiger partial charge is 0.211 e. The highest BCUT2D eigenvalue weighted by Gasteiger charge is 1.99. The lowest BCUT2D eigenvalue weighted by molar-refractivity contribution is 0.562. The first-order valence-electron chi connectivity index (χ1n) is 5.40. The summed E-state index contributed by atoms with van der Waals surface area (Å²) in [6.45, 7) is 4.70. The van der Waals surface area contributed by atoms with Crippen molar-refractivity contribution in [1.29, 1.82) is 0 Å². The van der Waals surface area contributed by atoms with Gasteiger partial charge in [-0.1, -0.05) is 31.5 Å². The second-order valence-corrected chi connectivity index (χ2v) is 3.77. The molecule has 0 bridgehead atoms. The lowest BCUT2D eigenvalue weighted by Crippen LogP contribution is -1.91. The van der Waals surface area contributed by atoms with Gasteiger partial charge in [0, 0.05) is 0 Å². The zero-order valence-corrected chi connectivity index (χ0v) is 9.42. The van der Waals surface area contributed by atoms with Crippen LogP contribution in [0.3, 0.4) is 0 Å². The summed E-state index contributed by atoms with van der Waals surface area (Å²) in [6, 6.07) is 6.37. The predicted molar refractivity (Wildman–Crippen MR) is 61.6 cm³/mol. The lowest BCUT2D eigenvalue weighted by Gasteiger charge is -2.05. The van der Waals surface area contributed by atoms with Crippen LogP contribution in [0.4, 0.5) is 0 Å². The Bertz CT molecular complexity index is 365. The van der Waals surface area contributed by atoms with E-state index in [-0.39, 0.29) is 0 Å². The quantitative estimate of drug-likeness (QED) is 0.534. The number of nitrogens with zero attached hydrogens (tertiary/aromatic N) is 1. The highest BCUT2D eigenvalue weighted by Crippen LogP contribution is 2.14. The summed E-state index contributed by atoms with van der Waals surface area (Å²) < 4.78 is 0. The third-order valence-electron chi connectivity index (χ3n) is 2.54. The van der Waals surface area contributed by atoms with Crippen LogP contribution >= 0.6 is 0 Å². The van der Waals surface area contributed by atoms with E-state index >= 15 is 0 Å². The van der Waals surface area contributed by atoms with Gasteiger partial charge in [0.25, 0.3) is 0 Å². The van der Waals surface area contributed by atoms with E-state index in [2.05, 4.69) is 37.0 Å². The number of rotatable bonds is 5. The van der Waals surface area contributed by atoms with Crippen molar-refractivity contribution in [3.05, 3.63) is 34.9 Å². The fourth-order valence-corrected chi connectivity index (χ4v) is 1.59. The summed E-state index contributed by atoms with van der Waals surface area (Å²) in [5, 5.41) is 0. The van der Waals surface area contributed by atoms with Gasteiger partial charge in [0.15, 0.2) is 0 Å². The average Bonchev–Trinajstić information content (AvgIpc) is 2.25. The molecule has 15 heavy (non-hydrogen) atoms. The Labute approximate surface area is 91.0 Å². The molecule has 0 unspecified atom stereocenters. The molecule has 1 aromatic rings. The molecule has 0 atom stereocenters. The minimum atomic E-state index is 0.448. The molecule has 2 heteroatoms. The third-order valence-corrected chi connectivity index (χ3v) is 2.54. The zero-order valence-electron chi connectivity index (χ0n) is 9.42. The monoisotopic (exact) mass is 203 g/mol. The van der Waals surface area contributed by atoms with Crippen LogP contribution in [0.5, 0.6) is 0 Å². The third kappa shape index (κ3) is 3.69. The molecular weight excluding hydrogens is 186 g/mol. The van der Waals surface area contributed by atoms with Gasteiger partial charge in [-0.25, -0.2) is 9.79 Å². The maximum absolute atomic E-state index is 10.0. The van der Waals surface area contributed by atoms with E-state index in [1.807, 2.05) is 0 Å². The van der Waals surface area contributed by atoms with Crippen molar-refractivity contribution in [2.75, 3.05) is 0 Å². The van der Waals surface area contributed by atoms with E-state index in [1.54, 1.807) is 6.08 Å². The van der Waals surface area contributed by atoms with Crippen LogP contribution in [0.1, 0.15) is 36.5 Å². The summed E-state index contributed by atoms with van der Waals surface area (Å²) in [4.78, 5) is 13.6. The summed E-state index contributed by atoms with van der Waals surface area (Å²) >= 11 is 0. The van der Waals surface area contributed by atoms with Crippen LogP contribution in [-0.4, -0.2) is 6.08 Å². The fraction of sp³-hybridized carbons (Fsp3) is 0.462. The molecule has 0 fully saturated rings. The molecule has 0 heterocycles. The molecule has 1 aromatic carbocycles. The van der Waals surface area contributed by atoms with Crippen molar-refractivity contribution < 1.29 is 4.79 Å². The molecule has 0 radical (unpaired) electrons. The normalized spacial score (nSPS) is 9.73. The molecule has 0 spiro atoms. The van der Waals surface area contributed by atoms with E-state index in [0.29, 0.717) is 6.54 Å². The molecule has 0 aliphatic rings. The van der Waals surface area contributed by atoms with Gasteiger partial charge < -0.3 is 0 Å². The SMILES string of the molecule is CCCCc1ccc(CN=C=O)c(C)c1. The zero-order chi connectivity index (χ0) is 11.1. The van der Waals surface area contributed by atoms with Crippen LogP contribution in [0.15, 0.2) is 23.2 Å². The van der Waals surface area contributed by atoms with Crippen LogP contribution < -0.4 is 0 Å². The van der Waals surface area contributed by atoms with Crippen molar-refractivity contribution in [2.45, 2.75) is 39.7 Å². The first kappa shape index (κ1) is 11.7. The predicted octanol–water partition coefficient (Wildman–Crippen LogP) is 3.17. The molecule has 0 saturated carbocycles. The van der Waals surface area contributed by atoms with Gasteiger partial charge >= 0.3 is 0 Å². The second kappa shape index (κ2) is 6.15. The Kier molecular flexibility index (Phi) is 4.79. The van der Waals surface area contributed by atoms with Crippen molar-refractivity contribution in [3.8, 4) is 0 Å². The number of aliphatic imine (C=N–C) groups is 1. The van der Waals surface area contributed by atoms with E-state index in [9.17, 15) is 4.79 Å². The topological polar surface area (TPSA) is 29.4 Å². The first-order valence-corrected chi connectivity index (χ1v) is 5.40. The van der Waals surface area contributed by atoms with Crippen molar-refractivity contribution in [2.24, 2.45) is 4.99 Å². The maximum Gasteiger partial charge on any atom is 0.235 e. The minimum Gasteiger partial charge on any atom is -0.211 e. The van der Waals surface area contributed by atoms with Gasteiger partial charge in [0.1, 0.15) is 0 Å². The van der Waals surface area contributed by atoms with E-state index in [0.717, 1.165) is 12.0 Å². The van der Waals surface area contributed by atoms with Crippen molar-refractivity contribution in [3.63, 3.8) is 0 Å². The largest absolute Gasteiger partial charge is 0.235 e. The highest BCUT2D eigenvalue weighted by atomic mass is 16.1. The summed E-state index contributed by atoms with van der Waals surface area (Å²) in [7, 11) is 0. The molecule has 0 saturated heterocycles. The van der Waals surface area contributed by atoms with Crippen LogP contribution in [0.25, 0.3) is 0 Å². The summed E-state index contributed by atoms with van der Waals surface area (Å²) in [5.74, 6) is 0. The number of hydrogen-bond acceptors (Lipinski definition) is 2. The number of aryl methyl sites for hydroxylation is 2. The second-order valence-electron chi connectivity index (χ2n) is 3.77. The molecule has 0 aromatic heterocycles. The Balaban J connectivity index is 2.73.